The van der Waals surface area contributed by atoms with Crippen LogP contribution in [-0.2, 0) is 9.59 Å². The molecule has 1 aliphatic heterocycles. The molecule has 30 heavy (non-hydrogen) atoms. The van der Waals surface area contributed by atoms with Crippen molar-refractivity contribution in [2.24, 2.45) is 23.7 Å². The third-order valence-corrected chi connectivity index (χ3v) is 9.81. The van der Waals surface area contributed by atoms with Gasteiger partial charge in [0.25, 0.3) is 0 Å². The van der Waals surface area contributed by atoms with Crippen LogP contribution in [0.25, 0.3) is 0 Å². The molecule has 2 aromatic carbocycles. The lowest BCUT2D eigenvalue weighted by molar-refractivity contribution is -0.123. The molecule has 0 aromatic heterocycles. The molecule has 6 atom stereocenters. The van der Waals surface area contributed by atoms with Gasteiger partial charge in [-0.05, 0) is 54.7 Å². The van der Waals surface area contributed by atoms with Crippen molar-refractivity contribution in [3.05, 3.63) is 59.1 Å². The lowest BCUT2D eigenvalue weighted by Gasteiger charge is -2.28. The van der Waals surface area contributed by atoms with Gasteiger partial charge in [0.15, 0.2) is 0 Å². The Hall–Kier alpha value is -1.70. The number of amides is 2. The number of hydrogen-bond acceptors (Lipinski definition) is 4. The third kappa shape index (κ3) is 3.05. The van der Waals surface area contributed by atoms with Crippen molar-refractivity contribution >= 4 is 66.9 Å². The average molecular weight is 554 g/mol. The predicted molar refractivity (Wildman–Crippen MR) is 119 cm³/mol. The van der Waals surface area contributed by atoms with Crippen LogP contribution in [0.5, 0.6) is 5.75 Å². The fourth-order valence-electron chi connectivity index (χ4n) is 5.04. The number of rotatable bonds is 3. The van der Waals surface area contributed by atoms with E-state index in [2.05, 4.69) is 31.9 Å². The number of imide groups is 1. The quantitative estimate of drug-likeness (QED) is 0.236. The van der Waals surface area contributed by atoms with Crippen molar-refractivity contribution in [3.8, 4) is 5.75 Å². The summed E-state index contributed by atoms with van der Waals surface area (Å²) in [5, 5.41) is 0.524. The molecule has 3 aliphatic rings. The van der Waals surface area contributed by atoms with Crippen LogP contribution >= 0.6 is 43.5 Å². The molecule has 3 fully saturated rings. The molecule has 0 spiro atoms. The molecule has 2 aliphatic carbocycles. The molecule has 1 heterocycles. The normalized spacial score (nSPS) is 31.9. The average Bonchev–Trinajstić information content (AvgIpc) is 3.33. The monoisotopic (exact) mass is 551 g/mol. The van der Waals surface area contributed by atoms with Gasteiger partial charge in [-0.25, -0.2) is 9.69 Å². The van der Waals surface area contributed by atoms with Gasteiger partial charge in [0, 0.05) is 20.7 Å². The molecule has 2 aromatic rings. The third-order valence-electron chi connectivity index (χ3n) is 6.35. The van der Waals surface area contributed by atoms with E-state index in [1.54, 1.807) is 48.5 Å². The Morgan fingerprint density at radius 2 is 1.57 bits per heavy atom. The Balaban J connectivity index is 1.39. The van der Waals surface area contributed by atoms with Gasteiger partial charge in [0.1, 0.15) is 5.75 Å². The van der Waals surface area contributed by atoms with Crippen molar-refractivity contribution in [2.45, 2.75) is 16.1 Å². The molecular weight excluding hydrogens is 538 g/mol. The van der Waals surface area contributed by atoms with Gasteiger partial charge in [0.2, 0.25) is 11.8 Å². The van der Waals surface area contributed by atoms with Gasteiger partial charge in [0.05, 0.1) is 23.1 Å². The lowest BCUT2D eigenvalue weighted by Crippen LogP contribution is -2.37. The summed E-state index contributed by atoms with van der Waals surface area (Å²) in [5.74, 6) is -0.882. The van der Waals surface area contributed by atoms with Gasteiger partial charge in [-0.15, -0.1) is 0 Å². The first-order chi connectivity index (χ1) is 14.4. The minimum atomic E-state index is -0.540. The van der Waals surface area contributed by atoms with Gasteiger partial charge < -0.3 is 4.74 Å². The Morgan fingerprint density at radius 3 is 2.17 bits per heavy atom. The molecule has 2 saturated carbocycles. The SMILES string of the molecule is O=C(Oc1cccc(N2C(=O)[C@@H]3[C@H]4C[C@@H]([C@H](Br)[C@H]4Br)[C@H]3C2=O)c1)c1ccc(Cl)cc1. The molecular formula is C22H16Br2ClNO4. The maximum Gasteiger partial charge on any atom is 0.343 e. The van der Waals surface area contributed by atoms with E-state index in [-0.39, 0.29) is 50.9 Å². The first kappa shape index (κ1) is 20.2. The highest BCUT2D eigenvalue weighted by atomic mass is 79.9. The second-order valence-corrected chi connectivity index (χ2v) is 10.5. The van der Waals surface area contributed by atoms with Crippen LogP contribution in [-0.4, -0.2) is 27.4 Å². The number of halogens is 3. The summed E-state index contributed by atoms with van der Waals surface area (Å²) in [5.41, 5.74) is 0.786. The van der Waals surface area contributed by atoms with Gasteiger partial charge in [-0.2, -0.15) is 0 Å². The van der Waals surface area contributed by atoms with Crippen LogP contribution in [0.4, 0.5) is 5.69 Å². The smallest absolute Gasteiger partial charge is 0.343 e. The zero-order valence-corrected chi connectivity index (χ0v) is 19.4. The maximum absolute atomic E-state index is 13.2. The number of fused-ring (bicyclic) bond motifs is 5. The first-order valence-electron chi connectivity index (χ1n) is 9.60. The minimum absolute atomic E-state index is 0.150. The van der Waals surface area contributed by atoms with Crippen LogP contribution in [0.1, 0.15) is 16.8 Å². The number of carbonyl (C=O) groups excluding carboxylic acids is 3. The molecule has 1 saturated heterocycles. The number of carbonyl (C=O) groups is 3. The fourth-order valence-corrected chi connectivity index (χ4v) is 7.04. The van der Waals surface area contributed by atoms with E-state index in [1.807, 2.05) is 0 Å². The summed E-state index contributed by atoms with van der Waals surface area (Å²) < 4.78 is 5.45. The topological polar surface area (TPSA) is 63.7 Å². The van der Waals surface area contributed by atoms with Crippen molar-refractivity contribution in [1.29, 1.82) is 0 Å². The lowest BCUT2D eigenvalue weighted by atomic mass is 9.81. The van der Waals surface area contributed by atoms with E-state index in [1.165, 1.54) is 4.90 Å². The molecule has 5 nitrogen and oxygen atoms in total. The molecule has 5 rings (SSSR count). The molecule has 2 amide bonds. The predicted octanol–water partition coefficient (Wildman–Crippen LogP) is 4.84. The van der Waals surface area contributed by atoms with E-state index >= 15 is 0 Å². The molecule has 0 radical (unpaired) electrons. The number of ether oxygens (including phenoxy) is 1. The molecule has 0 N–H and O–H groups in total. The van der Waals surface area contributed by atoms with E-state index in [0.29, 0.717) is 16.3 Å². The van der Waals surface area contributed by atoms with E-state index < -0.39 is 5.97 Å². The summed E-state index contributed by atoms with van der Waals surface area (Å²) in [6.07, 6.45) is 0.880. The van der Waals surface area contributed by atoms with E-state index in [0.717, 1.165) is 6.42 Å². The Kier molecular flexibility index (Phi) is 5.03. The van der Waals surface area contributed by atoms with Crippen molar-refractivity contribution in [2.75, 3.05) is 4.90 Å². The fraction of sp³-hybridized carbons (Fsp3) is 0.318. The second kappa shape index (κ2) is 7.46. The number of nitrogens with zero attached hydrogens (tertiary/aromatic N) is 1. The molecule has 0 unspecified atom stereocenters. The van der Waals surface area contributed by atoms with E-state index in [9.17, 15) is 14.4 Å². The van der Waals surface area contributed by atoms with E-state index in [4.69, 9.17) is 16.3 Å². The Labute approximate surface area is 195 Å². The van der Waals surface area contributed by atoms with Gasteiger partial charge in [-0.3, -0.25) is 9.59 Å². The van der Waals surface area contributed by atoms with Crippen LogP contribution < -0.4 is 9.64 Å². The highest BCUT2D eigenvalue weighted by molar-refractivity contribution is 9.12. The maximum atomic E-state index is 13.2. The largest absolute Gasteiger partial charge is 0.423 e. The minimum Gasteiger partial charge on any atom is -0.423 e. The van der Waals surface area contributed by atoms with Crippen LogP contribution in [0.15, 0.2) is 48.5 Å². The number of alkyl halides is 2. The van der Waals surface area contributed by atoms with Crippen LogP contribution in [0.3, 0.4) is 0 Å². The summed E-state index contributed by atoms with van der Waals surface area (Å²) in [6.45, 7) is 0. The van der Waals surface area contributed by atoms with Crippen molar-refractivity contribution in [3.63, 3.8) is 0 Å². The number of hydrogen-bond donors (Lipinski definition) is 0. The van der Waals surface area contributed by atoms with Crippen LogP contribution in [0.2, 0.25) is 5.02 Å². The Bertz CT molecular complexity index is 1030. The summed E-state index contributed by atoms with van der Waals surface area (Å²) >= 11 is 13.2. The highest BCUT2D eigenvalue weighted by Crippen LogP contribution is 2.60. The van der Waals surface area contributed by atoms with Crippen molar-refractivity contribution < 1.29 is 19.1 Å². The zero-order valence-electron chi connectivity index (χ0n) is 15.5. The summed E-state index contributed by atoms with van der Waals surface area (Å²) in [7, 11) is 0. The second-order valence-electron chi connectivity index (χ2n) is 7.91. The molecule has 154 valence electrons. The molecule has 2 bridgehead atoms. The number of anilines is 1. The first-order valence-corrected chi connectivity index (χ1v) is 11.8. The highest BCUT2D eigenvalue weighted by Gasteiger charge is 2.66. The zero-order chi connectivity index (χ0) is 21.2. The number of benzene rings is 2. The van der Waals surface area contributed by atoms with Crippen molar-refractivity contribution in [1.82, 2.24) is 0 Å². The summed E-state index contributed by atoms with van der Waals surface area (Å²) in [4.78, 5) is 40.4. The Morgan fingerprint density at radius 1 is 0.967 bits per heavy atom. The standard InChI is InChI=1S/C22H16Br2ClNO4/c23-18-14-9-15(19(18)24)17-16(14)20(27)26(21(17)28)12-2-1-3-13(8-12)30-22(29)10-4-6-11(25)7-5-10/h1-8,14-19H,9H2/t14-,15-,16-,17-,18+,19+/m1/s1. The number of esters is 1. The molecule has 8 heteroatoms. The van der Waals surface area contributed by atoms with Crippen LogP contribution in [0, 0.1) is 23.7 Å². The van der Waals surface area contributed by atoms with Gasteiger partial charge >= 0.3 is 5.97 Å². The van der Waals surface area contributed by atoms with Gasteiger partial charge in [-0.1, -0.05) is 49.5 Å². The summed E-state index contributed by atoms with van der Waals surface area (Å²) in [6, 6.07) is 12.9.